The first-order chi connectivity index (χ1) is 8.01. The highest BCUT2D eigenvalue weighted by atomic mass is 19.1. The molecule has 1 N–H and O–H groups in total. The van der Waals surface area contributed by atoms with Crippen LogP contribution in [0, 0.1) is 5.82 Å². The van der Waals surface area contributed by atoms with E-state index in [2.05, 4.69) is 0 Å². The zero-order valence-corrected chi connectivity index (χ0v) is 10.1. The Morgan fingerprint density at radius 3 is 2.71 bits per heavy atom. The van der Waals surface area contributed by atoms with Gasteiger partial charge in [0.1, 0.15) is 11.6 Å². The lowest BCUT2D eigenvalue weighted by molar-refractivity contribution is 0.0677. The highest BCUT2D eigenvalue weighted by Gasteiger charge is 2.20. The van der Waals surface area contributed by atoms with E-state index in [1.165, 1.54) is 31.2 Å². The second-order valence-electron chi connectivity index (χ2n) is 3.79. The van der Waals surface area contributed by atoms with Gasteiger partial charge in [0.25, 0.3) is 5.91 Å². The second kappa shape index (κ2) is 5.63. The fourth-order valence-electron chi connectivity index (χ4n) is 1.31. The first kappa shape index (κ1) is 13.4. The highest BCUT2D eigenvalue weighted by molar-refractivity contribution is 5.94. The lowest BCUT2D eigenvalue weighted by Crippen LogP contribution is -2.37. The Kier molecular flexibility index (Phi) is 4.45. The Morgan fingerprint density at radius 2 is 2.24 bits per heavy atom. The molecule has 0 fully saturated rings. The molecule has 0 radical (unpaired) electrons. The Labute approximate surface area is 99.6 Å². The van der Waals surface area contributed by atoms with Crippen molar-refractivity contribution >= 4 is 5.91 Å². The molecule has 1 aromatic carbocycles. The van der Waals surface area contributed by atoms with E-state index in [0.29, 0.717) is 5.75 Å². The molecule has 0 aliphatic rings. The van der Waals surface area contributed by atoms with Gasteiger partial charge in [-0.3, -0.25) is 4.79 Å². The van der Waals surface area contributed by atoms with Crippen LogP contribution in [0.3, 0.4) is 0 Å². The van der Waals surface area contributed by atoms with E-state index >= 15 is 0 Å². The van der Waals surface area contributed by atoms with Crippen molar-refractivity contribution in [3.05, 3.63) is 29.6 Å². The molecule has 1 amide bonds. The van der Waals surface area contributed by atoms with Crippen LogP contribution in [-0.2, 0) is 0 Å². The zero-order chi connectivity index (χ0) is 13.0. The van der Waals surface area contributed by atoms with Crippen LogP contribution in [0.4, 0.5) is 4.39 Å². The van der Waals surface area contributed by atoms with Gasteiger partial charge in [0.15, 0.2) is 0 Å². The number of aliphatic hydroxyl groups excluding tert-OH is 1. The topological polar surface area (TPSA) is 49.8 Å². The van der Waals surface area contributed by atoms with Crippen molar-refractivity contribution < 1.29 is 19.0 Å². The molecule has 17 heavy (non-hydrogen) atoms. The fourth-order valence-corrected chi connectivity index (χ4v) is 1.31. The maximum atomic E-state index is 13.6. The number of rotatable bonds is 4. The van der Waals surface area contributed by atoms with Gasteiger partial charge in [-0.25, -0.2) is 4.39 Å². The third-order valence-corrected chi connectivity index (χ3v) is 2.65. The third kappa shape index (κ3) is 2.94. The summed E-state index contributed by atoms with van der Waals surface area (Å²) in [4.78, 5) is 13.2. The van der Waals surface area contributed by atoms with Crippen molar-refractivity contribution in [2.24, 2.45) is 0 Å². The van der Waals surface area contributed by atoms with Crippen LogP contribution in [0.2, 0.25) is 0 Å². The van der Waals surface area contributed by atoms with E-state index in [4.69, 9.17) is 9.84 Å². The predicted octanol–water partition coefficient (Wildman–Crippen LogP) is 1.29. The van der Waals surface area contributed by atoms with Gasteiger partial charge in [-0.1, -0.05) is 0 Å². The molecule has 0 aromatic heterocycles. The van der Waals surface area contributed by atoms with E-state index in [-0.39, 0.29) is 18.2 Å². The number of halogens is 1. The number of methoxy groups -OCH3 is 1. The second-order valence-corrected chi connectivity index (χ2v) is 3.79. The molecule has 0 spiro atoms. The summed E-state index contributed by atoms with van der Waals surface area (Å²) in [5, 5.41) is 8.94. The number of carbonyl (C=O) groups excluding carboxylic acids is 1. The van der Waals surface area contributed by atoms with Gasteiger partial charge < -0.3 is 14.7 Å². The number of nitrogens with zero attached hydrogens (tertiary/aromatic N) is 1. The number of hydrogen-bond acceptors (Lipinski definition) is 3. The number of likely N-dealkylation sites (N-methyl/N-ethyl adjacent to an activating group) is 1. The number of ether oxygens (including phenoxy) is 1. The molecule has 1 unspecified atom stereocenters. The van der Waals surface area contributed by atoms with E-state index in [0.717, 1.165) is 6.07 Å². The Morgan fingerprint density at radius 1 is 1.59 bits per heavy atom. The van der Waals surface area contributed by atoms with Gasteiger partial charge in [-0.2, -0.15) is 0 Å². The monoisotopic (exact) mass is 241 g/mol. The van der Waals surface area contributed by atoms with Crippen LogP contribution in [-0.4, -0.2) is 42.7 Å². The summed E-state index contributed by atoms with van der Waals surface area (Å²) < 4.78 is 18.5. The number of aliphatic hydroxyl groups is 1. The molecule has 1 rings (SSSR count). The number of amides is 1. The van der Waals surface area contributed by atoms with Gasteiger partial charge in [-0.15, -0.1) is 0 Å². The lowest BCUT2D eigenvalue weighted by atomic mass is 10.1. The molecular formula is C12H16FNO3. The Hall–Kier alpha value is -1.62. The summed E-state index contributed by atoms with van der Waals surface area (Å²) in [6.45, 7) is 1.51. The van der Waals surface area contributed by atoms with Crippen molar-refractivity contribution in [1.82, 2.24) is 4.90 Å². The normalized spacial score (nSPS) is 12.1. The summed E-state index contributed by atoms with van der Waals surface area (Å²) >= 11 is 0. The summed E-state index contributed by atoms with van der Waals surface area (Å²) in [5.41, 5.74) is -0.0337. The van der Waals surface area contributed by atoms with E-state index in [1.807, 2.05) is 0 Å². The molecule has 1 atom stereocenters. The summed E-state index contributed by atoms with van der Waals surface area (Å²) in [5.74, 6) is -0.741. The molecule has 0 saturated carbocycles. The van der Waals surface area contributed by atoms with Crippen LogP contribution >= 0.6 is 0 Å². The predicted molar refractivity (Wildman–Crippen MR) is 61.6 cm³/mol. The van der Waals surface area contributed by atoms with Crippen molar-refractivity contribution in [3.63, 3.8) is 0 Å². The highest BCUT2D eigenvalue weighted by Crippen LogP contribution is 2.18. The largest absolute Gasteiger partial charge is 0.497 e. The van der Waals surface area contributed by atoms with Crippen LogP contribution in [0.1, 0.15) is 17.3 Å². The molecule has 0 aliphatic heterocycles. The fraction of sp³-hybridized carbons (Fsp3) is 0.417. The molecule has 0 bridgehead atoms. The standard InChI is InChI=1S/C12H16FNO3/c1-8(7-15)14(2)12(16)10-5-4-9(17-3)6-11(10)13/h4-6,8,15H,7H2,1-3H3. The molecule has 94 valence electrons. The first-order valence-electron chi connectivity index (χ1n) is 5.22. The molecule has 4 nitrogen and oxygen atoms in total. The molecule has 1 aromatic rings. The average Bonchev–Trinajstić information content (AvgIpc) is 2.35. The molecule has 5 heteroatoms. The maximum absolute atomic E-state index is 13.6. The van der Waals surface area contributed by atoms with Crippen LogP contribution in [0.15, 0.2) is 18.2 Å². The summed E-state index contributed by atoms with van der Waals surface area (Å²) in [6.07, 6.45) is 0. The molecule has 0 saturated heterocycles. The van der Waals surface area contributed by atoms with Crippen molar-refractivity contribution in [3.8, 4) is 5.75 Å². The van der Waals surface area contributed by atoms with E-state index < -0.39 is 11.7 Å². The minimum atomic E-state index is -0.633. The van der Waals surface area contributed by atoms with E-state index in [1.54, 1.807) is 6.92 Å². The van der Waals surface area contributed by atoms with Crippen LogP contribution < -0.4 is 4.74 Å². The summed E-state index contributed by atoms with van der Waals surface area (Å²) in [7, 11) is 2.95. The quantitative estimate of drug-likeness (QED) is 0.864. The minimum Gasteiger partial charge on any atom is -0.497 e. The number of benzene rings is 1. The lowest BCUT2D eigenvalue weighted by Gasteiger charge is -2.23. The molecular weight excluding hydrogens is 225 g/mol. The minimum absolute atomic E-state index is 0.0337. The van der Waals surface area contributed by atoms with Crippen molar-refractivity contribution in [2.45, 2.75) is 13.0 Å². The van der Waals surface area contributed by atoms with Crippen LogP contribution in [0.25, 0.3) is 0 Å². The zero-order valence-electron chi connectivity index (χ0n) is 10.1. The van der Waals surface area contributed by atoms with Crippen molar-refractivity contribution in [2.75, 3.05) is 20.8 Å². The van der Waals surface area contributed by atoms with Crippen molar-refractivity contribution in [1.29, 1.82) is 0 Å². The van der Waals surface area contributed by atoms with Gasteiger partial charge in [0.2, 0.25) is 0 Å². The van der Waals surface area contributed by atoms with Gasteiger partial charge in [0.05, 0.1) is 25.3 Å². The Bertz CT molecular complexity index is 409. The van der Waals surface area contributed by atoms with E-state index in [9.17, 15) is 9.18 Å². The molecule has 0 heterocycles. The number of carbonyl (C=O) groups is 1. The summed E-state index contributed by atoms with van der Waals surface area (Å²) in [6, 6.07) is 3.69. The third-order valence-electron chi connectivity index (χ3n) is 2.65. The Balaban J connectivity index is 2.96. The van der Waals surface area contributed by atoms with Gasteiger partial charge in [0, 0.05) is 13.1 Å². The SMILES string of the molecule is COc1ccc(C(=O)N(C)C(C)CO)c(F)c1. The average molecular weight is 241 g/mol. The maximum Gasteiger partial charge on any atom is 0.256 e. The van der Waals surface area contributed by atoms with Gasteiger partial charge >= 0.3 is 0 Å². The number of hydrogen-bond donors (Lipinski definition) is 1. The van der Waals surface area contributed by atoms with Crippen LogP contribution in [0.5, 0.6) is 5.75 Å². The smallest absolute Gasteiger partial charge is 0.256 e. The van der Waals surface area contributed by atoms with Gasteiger partial charge in [-0.05, 0) is 19.1 Å². The molecule has 0 aliphatic carbocycles. The first-order valence-corrected chi connectivity index (χ1v) is 5.22.